The number of thioether (sulfide) groups is 1. The first-order chi connectivity index (χ1) is 19.2. The van der Waals surface area contributed by atoms with E-state index in [9.17, 15) is 18.8 Å². The summed E-state index contributed by atoms with van der Waals surface area (Å²) in [6.45, 7) is 1.32. The molecule has 2 aromatic heterocycles. The summed E-state index contributed by atoms with van der Waals surface area (Å²) in [5, 5.41) is 3.46. The van der Waals surface area contributed by atoms with Crippen LogP contribution in [0.25, 0.3) is 10.2 Å². The van der Waals surface area contributed by atoms with Crippen LogP contribution in [0.4, 0.5) is 20.0 Å². The third kappa shape index (κ3) is 6.92. The van der Waals surface area contributed by atoms with Gasteiger partial charge in [0.25, 0.3) is 0 Å². The Bertz CT molecular complexity index is 1630. The molecule has 0 aliphatic carbocycles. The van der Waals surface area contributed by atoms with Crippen LogP contribution in [0.15, 0.2) is 51.1 Å². The van der Waals surface area contributed by atoms with Crippen LogP contribution >= 0.6 is 46.0 Å². The van der Waals surface area contributed by atoms with E-state index in [0.29, 0.717) is 27.9 Å². The van der Waals surface area contributed by atoms with Crippen molar-refractivity contribution in [3.63, 3.8) is 0 Å². The lowest BCUT2D eigenvalue weighted by Crippen LogP contribution is -2.34. The molecule has 4 aromatic rings. The first-order valence-electron chi connectivity index (χ1n) is 12.1. The van der Waals surface area contributed by atoms with Crippen molar-refractivity contribution in [3.05, 3.63) is 61.7 Å². The van der Waals surface area contributed by atoms with E-state index in [0.717, 1.165) is 52.2 Å². The molecule has 5 rings (SSSR count). The van der Waals surface area contributed by atoms with Crippen molar-refractivity contribution in [3.8, 4) is 0 Å². The largest absolute Gasteiger partial charge is 0.468 e. The Kier molecular flexibility index (Phi) is 10.0. The van der Waals surface area contributed by atoms with E-state index < -0.39 is 11.8 Å². The van der Waals surface area contributed by atoms with Crippen molar-refractivity contribution < 1.29 is 18.7 Å². The van der Waals surface area contributed by atoms with Gasteiger partial charge in [-0.05, 0) is 48.4 Å². The van der Waals surface area contributed by atoms with Crippen molar-refractivity contribution in [1.29, 1.82) is 0 Å². The van der Waals surface area contributed by atoms with Crippen molar-refractivity contribution in [1.82, 2.24) is 19.7 Å². The predicted octanol–water partition coefficient (Wildman–Crippen LogP) is 4.87. The molecular weight excluding hydrogens is 599 g/mol. The van der Waals surface area contributed by atoms with E-state index in [1.54, 1.807) is 23.5 Å². The predicted molar refractivity (Wildman–Crippen MR) is 158 cm³/mol. The number of benzene rings is 2. The second kappa shape index (κ2) is 13.4. The molecular formula is C25H26ClFN6O4S3. The maximum Gasteiger partial charge on any atom is 0.325 e. The van der Waals surface area contributed by atoms with Crippen LogP contribution in [0.1, 0.15) is 12.8 Å². The van der Waals surface area contributed by atoms with Crippen molar-refractivity contribution in [2.45, 2.75) is 30.8 Å². The van der Waals surface area contributed by atoms with Gasteiger partial charge in [0.1, 0.15) is 11.5 Å². The van der Waals surface area contributed by atoms with Crippen LogP contribution < -0.4 is 19.9 Å². The average molecular weight is 625 g/mol. The highest BCUT2D eigenvalue weighted by Crippen LogP contribution is 2.33. The molecule has 1 aliphatic heterocycles. The first-order valence-corrected chi connectivity index (χ1v) is 15.1. The number of carbonyl (C=O) groups is 2. The average Bonchev–Trinajstić information content (AvgIpc) is 3.54. The van der Waals surface area contributed by atoms with Gasteiger partial charge < -0.3 is 10.1 Å². The topological polar surface area (TPSA) is 111 Å². The highest BCUT2D eigenvalue weighted by Gasteiger charge is 2.16. The summed E-state index contributed by atoms with van der Waals surface area (Å²) in [6.07, 6.45) is 1.90. The molecule has 0 unspecified atom stereocenters. The number of amides is 2. The molecule has 0 spiro atoms. The summed E-state index contributed by atoms with van der Waals surface area (Å²) in [4.78, 5) is 45.7. The number of halogens is 2. The Morgan fingerprint density at radius 1 is 1.23 bits per heavy atom. The number of ether oxygens (including phenoxy) is 1. The monoisotopic (exact) mass is 624 g/mol. The molecule has 1 aliphatic rings. The van der Waals surface area contributed by atoms with Gasteiger partial charge in [0, 0.05) is 32.1 Å². The van der Waals surface area contributed by atoms with Crippen LogP contribution in [-0.4, -0.2) is 53.3 Å². The second-order valence-electron chi connectivity index (χ2n) is 8.39. The number of nitrogens with one attached hydrogen (secondary N) is 1. The third-order valence-corrected chi connectivity index (χ3v) is 9.21. The van der Waals surface area contributed by atoms with Crippen LogP contribution in [0.5, 0.6) is 0 Å². The fourth-order valence-corrected chi connectivity index (χ4v) is 6.60. The first kappa shape index (κ1) is 29.8. The number of methoxy groups -OCH3 is 1. The standard InChI is InChI=1S/C15H15ClFN3O3S2.C10H11N3OS/c1-23-13(21)8-24-12-7-11(10(17)6-9(12)16)18-14-19-4-2-3-5-20(19)15(22)25-14;1-11-9(14)13(2)10-12-7-5-3-4-6-8(7)15-10/h6-7H,2-5,8H2,1H3;3-6H,1-2H3,(H,11,14). The minimum Gasteiger partial charge on any atom is -0.468 e. The van der Waals surface area contributed by atoms with Crippen LogP contribution in [-0.2, 0) is 22.6 Å². The van der Waals surface area contributed by atoms with Crippen LogP contribution in [0, 0.1) is 5.82 Å². The van der Waals surface area contributed by atoms with Crippen molar-refractivity contribution in [2.75, 3.05) is 31.9 Å². The number of para-hydroxylation sites is 1. The van der Waals surface area contributed by atoms with Gasteiger partial charge in [0.05, 0.1) is 28.1 Å². The van der Waals surface area contributed by atoms with E-state index in [-0.39, 0.29) is 27.4 Å². The molecule has 3 heterocycles. The number of anilines is 1. The van der Waals surface area contributed by atoms with E-state index >= 15 is 0 Å². The molecule has 0 atom stereocenters. The number of carbonyl (C=O) groups excluding carboxylic acids is 2. The van der Waals surface area contributed by atoms with E-state index in [2.05, 4.69) is 20.0 Å². The highest BCUT2D eigenvalue weighted by molar-refractivity contribution is 8.00. The Balaban J connectivity index is 0.000000210. The lowest BCUT2D eigenvalue weighted by molar-refractivity contribution is -0.137. The molecule has 15 heteroatoms. The summed E-state index contributed by atoms with van der Waals surface area (Å²) in [5.74, 6) is -0.923. The van der Waals surface area contributed by atoms with Gasteiger partial charge in [-0.15, -0.1) is 11.8 Å². The van der Waals surface area contributed by atoms with Gasteiger partial charge in [-0.1, -0.05) is 35.1 Å². The normalized spacial score (nSPS) is 12.9. The zero-order chi connectivity index (χ0) is 28.8. The Labute approximate surface area is 246 Å². The SMILES string of the molecule is CNC(=O)N(C)c1nc2ccccc2s1.COC(=O)CSc1cc(N=c2sc(=O)n3n2CCCC3)c(F)cc1Cl. The Hall–Kier alpha value is -3.20. The van der Waals surface area contributed by atoms with Crippen LogP contribution in [0.2, 0.25) is 5.02 Å². The van der Waals surface area contributed by atoms with Crippen molar-refractivity contribution >= 4 is 79.1 Å². The molecule has 2 amide bonds. The molecule has 2 aromatic carbocycles. The Morgan fingerprint density at radius 2 is 1.95 bits per heavy atom. The molecule has 0 radical (unpaired) electrons. The third-order valence-electron chi connectivity index (χ3n) is 5.77. The molecule has 40 heavy (non-hydrogen) atoms. The lowest BCUT2D eigenvalue weighted by atomic mass is 10.3. The van der Waals surface area contributed by atoms with Crippen LogP contribution in [0.3, 0.4) is 0 Å². The minimum atomic E-state index is -0.580. The summed E-state index contributed by atoms with van der Waals surface area (Å²) in [5.41, 5.74) is 1.01. The minimum absolute atomic E-state index is 0.0605. The molecule has 212 valence electrons. The number of hydrogen-bond acceptors (Lipinski definition) is 9. The number of fused-ring (bicyclic) bond motifs is 2. The fourth-order valence-electron chi connectivity index (χ4n) is 3.69. The van der Waals surface area contributed by atoms with Gasteiger partial charge in [0.15, 0.2) is 5.13 Å². The molecule has 0 saturated heterocycles. The second-order valence-corrected chi connectivity index (χ2v) is 11.7. The summed E-state index contributed by atoms with van der Waals surface area (Å²) in [7, 11) is 4.61. The molecule has 1 N–H and O–H groups in total. The van der Waals surface area contributed by atoms with Gasteiger partial charge in [-0.25, -0.2) is 23.8 Å². The molecule has 0 fully saturated rings. The fraction of sp³-hybridized carbons (Fsp3) is 0.320. The number of rotatable bonds is 5. The maximum atomic E-state index is 14.3. The molecule has 0 bridgehead atoms. The lowest BCUT2D eigenvalue weighted by Gasteiger charge is -2.15. The zero-order valence-electron chi connectivity index (χ0n) is 21.8. The van der Waals surface area contributed by atoms with Gasteiger partial charge >= 0.3 is 16.9 Å². The van der Waals surface area contributed by atoms with E-state index in [1.807, 2.05) is 24.3 Å². The number of urea groups is 1. The quantitative estimate of drug-likeness (QED) is 0.251. The van der Waals surface area contributed by atoms with Gasteiger partial charge in [0.2, 0.25) is 4.80 Å². The summed E-state index contributed by atoms with van der Waals surface area (Å²) in [6, 6.07) is 10.3. The number of hydrogen-bond donors (Lipinski definition) is 1. The summed E-state index contributed by atoms with van der Waals surface area (Å²) >= 11 is 9.67. The van der Waals surface area contributed by atoms with E-state index in [4.69, 9.17) is 11.6 Å². The summed E-state index contributed by atoms with van der Waals surface area (Å²) < 4.78 is 23.3. The maximum absolute atomic E-state index is 14.3. The highest BCUT2D eigenvalue weighted by atomic mass is 35.5. The van der Waals surface area contributed by atoms with Crippen molar-refractivity contribution in [2.24, 2.45) is 4.99 Å². The molecule has 10 nitrogen and oxygen atoms in total. The number of aromatic nitrogens is 3. The number of esters is 1. The number of thiazole rings is 1. The number of nitrogens with zero attached hydrogens (tertiary/aromatic N) is 5. The molecule has 0 saturated carbocycles. The Morgan fingerprint density at radius 3 is 2.65 bits per heavy atom. The smallest absolute Gasteiger partial charge is 0.325 e. The zero-order valence-corrected chi connectivity index (χ0v) is 25.1. The van der Waals surface area contributed by atoms with Gasteiger partial charge in [-0.2, -0.15) is 0 Å². The van der Waals surface area contributed by atoms with Gasteiger partial charge in [-0.3, -0.25) is 19.2 Å². The van der Waals surface area contributed by atoms with E-state index in [1.165, 1.54) is 29.4 Å².